The van der Waals surface area contributed by atoms with Gasteiger partial charge in [0, 0.05) is 0 Å². The lowest BCUT2D eigenvalue weighted by Gasteiger charge is -2.03. The van der Waals surface area contributed by atoms with E-state index in [2.05, 4.69) is 9.97 Å². The zero-order valence-corrected chi connectivity index (χ0v) is 7.75. The molecule has 1 aromatic heterocycles. The molecule has 0 fully saturated rings. The van der Waals surface area contributed by atoms with Gasteiger partial charge in [-0.05, 0) is 12.1 Å². The summed E-state index contributed by atoms with van der Waals surface area (Å²) >= 11 is 5.94. The van der Waals surface area contributed by atoms with Crippen LogP contribution in [0.5, 0.6) is 5.88 Å². The summed E-state index contributed by atoms with van der Waals surface area (Å²) in [5, 5.41) is 1.44. The van der Waals surface area contributed by atoms with Crippen LogP contribution in [0.2, 0.25) is 5.02 Å². The fraction of sp³-hybridized carbons (Fsp3) is 0.111. The molecule has 0 amide bonds. The molecule has 2 aromatic rings. The molecule has 0 aliphatic heterocycles. The summed E-state index contributed by atoms with van der Waals surface area (Å²) in [6, 6.07) is 5.51. The summed E-state index contributed by atoms with van der Waals surface area (Å²) in [4.78, 5) is 8.04. The van der Waals surface area contributed by atoms with Crippen LogP contribution in [-0.4, -0.2) is 17.1 Å². The van der Waals surface area contributed by atoms with E-state index in [0.29, 0.717) is 10.9 Å². The number of methoxy groups -OCH3 is 1. The van der Waals surface area contributed by atoms with Gasteiger partial charge in [-0.25, -0.2) is 9.97 Å². The van der Waals surface area contributed by atoms with Gasteiger partial charge in [-0.15, -0.1) is 0 Å². The van der Waals surface area contributed by atoms with Crippen LogP contribution in [0.15, 0.2) is 24.5 Å². The monoisotopic (exact) mass is 194 g/mol. The van der Waals surface area contributed by atoms with Crippen LogP contribution in [0.1, 0.15) is 0 Å². The summed E-state index contributed by atoms with van der Waals surface area (Å²) in [6.45, 7) is 0. The van der Waals surface area contributed by atoms with Crippen molar-refractivity contribution in [3.8, 4) is 5.88 Å². The van der Waals surface area contributed by atoms with Crippen molar-refractivity contribution in [3.05, 3.63) is 29.5 Å². The lowest BCUT2D eigenvalue weighted by Crippen LogP contribution is -1.90. The first-order valence-corrected chi connectivity index (χ1v) is 4.14. The van der Waals surface area contributed by atoms with E-state index in [9.17, 15) is 0 Å². The summed E-state index contributed by atoms with van der Waals surface area (Å²) in [7, 11) is 1.57. The van der Waals surface area contributed by atoms with Gasteiger partial charge in [-0.2, -0.15) is 0 Å². The molecule has 3 nitrogen and oxygen atoms in total. The second-order valence-electron chi connectivity index (χ2n) is 2.52. The molecule has 2 rings (SSSR count). The second-order valence-corrected chi connectivity index (χ2v) is 2.93. The molecule has 0 saturated heterocycles. The first-order chi connectivity index (χ1) is 6.33. The number of halogens is 1. The standard InChI is InChI=1S/C9H7ClN2O/c1-13-9-6-3-2-4-7(10)8(6)11-5-12-9/h2-5H,1H3. The number of rotatable bonds is 1. The second kappa shape index (κ2) is 3.18. The van der Waals surface area contributed by atoms with Crippen LogP contribution in [0.25, 0.3) is 10.9 Å². The molecular weight excluding hydrogens is 188 g/mol. The van der Waals surface area contributed by atoms with Crippen molar-refractivity contribution in [1.82, 2.24) is 9.97 Å². The molecule has 1 heterocycles. The fourth-order valence-electron chi connectivity index (χ4n) is 1.19. The van der Waals surface area contributed by atoms with Crippen LogP contribution >= 0.6 is 11.6 Å². The Kier molecular flexibility index (Phi) is 2.02. The number of aromatic nitrogens is 2. The van der Waals surface area contributed by atoms with Gasteiger partial charge in [0.05, 0.1) is 23.0 Å². The van der Waals surface area contributed by atoms with Crippen molar-refractivity contribution in [2.24, 2.45) is 0 Å². The number of para-hydroxylation sites is 1. The Hall–Kier alpha value is -1.35. The molecule has 0 aliphatic rings. The zero-order chi connectivity index (χ0) is 9.26. The minimum absolute atomic E-state index is 0.549. The van der Waals surface area contributed by atoms with Crippen LogP contribution in [0.3, 0.4) is 0 Å². The molecule has 0 radical (unpaired) electrons. The Morgan fingerprint density at radius 2 is 2.15 bits per heavy atom. The summed E-state index contributed by atoms with van der Waals surface area (Å²) in [5.41, 5.74) is 0.719. The molecule has 1 aromatic carbocycles. The first-order valence-electron chi connectivity index (χ1n) is 3.76. The first kappa shape index (κ1) is 8.26. The Balaban J connectivity index is 2.84. The minimum atomic E-state index is 0.549. The summed E-state index contributed by atoms with van der Waals surface area (Å²) < 4.78 is 5.07. The third-order valence-corrected chi connectivity index (χ3v) is 2.08. The van der Waals surface area contributed by atoms with Crippen LogP contribution in [0.4, 0.5) is 0 Å². The van der Waals surface area contributed by atoms with Gasteiger partial charge in [0.25, 0.3) is 0 Å². The normalized spacial score (nSPS) is 10.3. The predicted molar refractivity (Wildman–Crippen MR) is 51.1 cm³/mol. The van der Waals surface area contributed by atoms with Crippen LogP contribution < -0.4 is 4.74 Å². The number of hydrogen-bond donors (Lipinski definition) is 0. The Morgan fingerprint density at radius 1 is 1.31 bits per heavy atom. The topological polar surface area (TPSA) is 35.0 Å². The summed E-state index contributed by atoms with van der Waals surface area (Å²) in [6.07, 6.45) is 1.44. The summed E-state index contributed by atoms with van der Waals surface area (Å²) in [5.74, 6) is 0.549. The lowest BCUT2D eigenvalue weighted by atomic mass is 10.2. The van der Waals surface area contributed by atoms with Gasteiger partial charge in [0.2, 0.25) is 5.88 Å². The molecule has 0 unspecified atom stereocenters. The lowest BCUT2D eigenvalue weighted by molar-refractivity contribution is 0.402. The molecule has 0 spiro atoms. The molecule has 0 N–H and O–H groups in total. The van der Waals surface area contributed by atoms with E-state index in [1.165, 1.54) is 6.33 Å². The predicted octanol–water partition coefficient (Wildman–Crippen LogP) is 2.29. The van der Waals surface area contributed by atoms with E-state index in [0.717, 1.165) is 10.9 Å². The fourth-order valence-corrected chi connectivity index (χ4v) is 1.41. The zero-order valence-electron chi connectivity index (χ0n) is 6.99. The van der Waals surface area contributed by atoms with E-state index in [-0.39, 0.29) is 0 Å². The van der Waals surface area contributed by atoms with Crippen LogP contribution in [0, 0.1) is 0 Å². The highest BCUT2D eigenvalue weighted by molar-refractivity contribution is 6.35. The SMILES string of the molecule is COc1ncnc2c(Cl)cccc12. The molecule has 0 atom stereocenters. The van der Waals surface area contributed by atoms with Crippen LogP contribution in [-0.2, 0) is 0 Å². The third kappa shape index (κ3) is 1.31. The quantitative estimate of drug-likeness (QED) is 0.699. The molecule has 0 aliphatic carbocycles. The van der Waals surface area contributed by atoms with E-state index in [1.54, 1.807) is 13.2 Å². The van der Waals surface area contributed by atoms with Crippen molar-refractivity contribution in [1.29, 1.82) is 0 Å². The van der Waals surface area contributed by atoms with Crippen molar-refractivity contribution in [2.45, 2.75) is 0 Å². The van der Waals surface area contributed by atoms with Crippen molar-refractivity contribution in [2.75, 3.05) is 7.11 Å². The van der Waals surface area contributed by atoms with Gasteiger partial charge in [0.1, 0.15) is 6.33 Å². The molecule has 66 valence electrons. The Morgan fingerprint density at radius 3 is 2.92 bits per heavy atom. The van der Waals surface area contributed by atoms with E-state index >= 15 is 0 Å². The number of fused-ring (bicyclic) bond motifs is 1. The maximum atomic E-state index is 5.94. The van der Waals surface area contributed by atoms with Crippen molar-refractivity contribution in [3.63, 3.8) is 0 Å². The number of nitrogens with zero attached hydrogens (tertiary/aromatic N) is 2. The maximum Gasteiger partial charge on any atom is 0.224 e. The maximum absolute atomic E-state index is 5.94. The van der Waals surface area contributed by atoms with Crippen molar-refractivity contribution >= 4 is 22.5 Å². The van der Waals surface area contributed by atoms with Crippen molar-refractivity contribution < 1.29 is 4.74 Å². The Labute approximate surface area is 80.3 Å². The third-order valence-electron chi connectivity index (χ3n) is 1.77. The highest BCUT2D eigenvalue weighted by atomic mass is 35.5. The van der Waals surface area contributed by atoms with Gasteiger partial charge < -0.3 is 4.74 Å². The average molecular weight is 195 g/mol. The number of benzene rings is 1. The van der Waals surface area contributed by atoms with E-state index in [1.807, 2.05) is 12.1 Å². The number of hydrogen-bond acceptors (Lipinski definition) is 3. The largest absolute Gasteiger partial charge is 0.480 e. The molecule has 13 heavy (non-hydrogen) atoms. The van der Waals surface area contributed by atoms with Gasteiger partial charge >= 0.3 is 0 Å². The molecular formula is C9H7ClN2O. The number of ether oxygens (including phenoxy) is 1. The smallest absolute Gasteiger partial charge is 0.224 e. The molecule has 0 bridgehead atoms. The highest BCUT2D eigenvalue weighted by Crippen LogP contribution is 2.26. The van der Waals surface area contributed by atoms with Gasteiger partial charge in [0.15, 0.2) is 0 Å². The Bertz CT molecular complexity index is 445. The minimum Gasteiger partial charge on any atom is -0.480 e. The highest BCUT2D eigenvalue weighted by Gasteiger charge is 2.04. The molecule has 0 saturated carbocycles. The van der Waals surface area contributed by atoms with E-state index in [4.69, 9.17) is 16.3 Å². The van der Waals surface area contributed by atoms with Gasteiger partial charge in [-0.1, -0.05) is 17.7 Å². The van der Waals surface area contributed by atoms with E-state index < -0.39 is 0 Å². The average Bonchev–Trinajstić information content (AvgIpc) is 2.18. The van der Waals surface area contributed by atoms with Gasteiger partial charge in [-0.3, -0.25) is 0 Å². The molecule has 4 heteroatoms.